The molecule has 1 atom stereocenters. The van der Waals surface area contributed by atoms with Crippen molar-refractivity contribution in [1.82, 2.24) is 10.1 Å². The zero-order chi connectivity index (χ0) is 16.4. The van der Waals surface area contributed by atoms with Gasteiger partial charge in [-0.05, 0) is 31.9 Å². The van der Waals surface area contributed by atoms with Crippen molar-refractivity contribution in [3.63, 3.8) is 0 Å². The number of nitrogens with zero attached hydrogens (tertiary/aromatic N) is 2. The quantitative estimate of drug-likeness (QED) is 0.867. The van der Waals surface area contributed by atoms with Crippen molar-refractivity contribution in [2.24, 2.45) is 0 Å². The number of amides is 1. The molecule has 0 saturated carbocycles. The molecule has 122 valence electrons. The summed E-state index contributed by atoms with van der Waals surface area (Å²) in [6.45, 7) is 2.49. The van der Waals surface area contributed by atoms with Crippen LogP contribution >= 0.6 is 0 Å². The Labute approximate surface area is 135 Å². The lowest BCUT2D eigenvalue weighted by molar-refractivity contribution is 0.0692. The van der Waals surface area contributed by atoms with Gasteiger partial charge in [0.05, 0.1) is 26.0 Å². The van der Waals surface area contributed by atoms with Crippen LogP contribution in [0, 0.1) is 6.92 Å². The first-order valence-electron chi connectivity index (χ1n) is 7.60. The molecule has 1 aliphatic heterocycles. The van der Waals surface area contributed by atoms with Crippen molar-refractivity contribution < 1.29 is 18.8 Å². The third kappa shape index (κ3) is 2.88. The molecule has 0 aliphatic carbocycles. The Bertz CT molecular complexity index is 710. The molecule has 6 heteroatoms. The lowest BCUT2D eigenvalue weighted by atomic mass is 10.0. The molecule has 1 aromatic heterocycles. The van der Waals surface area contributed by atoms with Gasteiger partial charge in [0.1, 0.15) is 11.5 Å². The zero-order valence-corrected chi connectivity index (χ0v) is 13.5. The predicted molar refractivity (Wildman–Crippen MR) is 83.8 cm³/mol. The first-order valence-corrected chi connectivity index (χ1v) is 7.60. The van der Waals surface area contributed by atoms with E-state index in [1.54, 1.807) is 27.2 Å². The molecule has 1 aromatic carbocycles. The van der Waals surface area contributed by atoms with Gasteiger partial charge in [-0.1, -0.05) is 5.16 Å². The third-order valence-corrected chi connectivity index (χ3v) is 4.15. The Balaban J connectivity index is 1.91. The van der Waals surface area contributed by atoms with Gasteiger partial charge in [0, 0.05) is 24.2 Å². The van der Waals surface area contributed by atoms with Gasteiger partial charge in [0.2, 0.25) is 5.76 Å². The molecular formula is C17H20N2O4. The van der Waals surface area contributed by atoms with Crippen molar-refractivity contribution in [3.05, 3.63) is 41.3 Å². The van der Waals surface area contributed by atoms with Gasteiger partial charge < -0.3 is 18.9 Å². The Hall–Kier alpha value is -2.50. The summed E-state index contributed by atoms with van der Waals surface area (Å²) < 4.78 is 15.8. The molecule has 0 unspecified atom stereocenters. The highest BCUT2D eigenvalue weighted by Crippen LogP contribution is 2.39. The van der Waals surface area contributed by atoms with Crippen LogP contribution in [-0.4, -0.2) is 36.7 Å². The van der Waals surface area contributed by atoms with Gasteiger partial charge in [0.15, 0.2) is 0 Å². The average molecular weight is 316 g/mol. The van der Waals surface area contributed by atoms with Crippen LogP contribution in [0.4, 0.5) is 0 Å². The summed E-state index contributed by atoms with van der Waals surface area (Å²) >= 11 is 0. The van der Waals surface area contributed by atoms with Crippen molar-refractivity contribution in [2.75, 3.05) is 20.8 Å². The smallest absolute Gasteiger partial charge is 0.292 e. The minimum Gasteiger partial charge on any atom is -0.497 e. The topological polar surface area (TPSA) is 64.8 Å². The molecule has 0 radical (unpaired) electrons. The van der Waals surface area contributed by atoms with E-state index in [4.69, 9.17) is 14.0 Å². The highest BCUT2D eigenvalue weighted by molar-refractivity contribution is 5.92. The van der Waals surface area contributed by atoms with Gasteiger partial charge in [-0.3, -0.25) is 4.79 Å². The summed E-state index contributed by atoms with van der Waals surface area (Å²) in [6.07, 6.45) is 1.83. The molecule has 3 rings (SSSR count). The van der Waals surface area contributed by atoms with E-state index in [1.165, 1.54) is 0 Å². The average Bonchev–Trinajstić information content (AvgIpc) is 3.22. The number of hydrogen-bond acceptors (Lipinski definition) is 5. The molecule has 1 fully saturated rings. The molecule has 6 nitrogen and oxygen atoms in total. The molecule has 2 aromatic rings. The number of aromatic nitrogens is 1. The van der Waals surface area contributed by atoms with Crippen molar-refractivity contribution in [2.45, 2.75) is 25.8 Å². The maximum Gasteiger partial charge on any atom is 0.292 e. The fourth-order valence-electron chi connectivity index (χ4n) is 3.03. The highest BCUT2D eigenvalue weighted by atomic mass is 16.5. The summed E-state index contributed by atoms with van der Waals surface area (Å²) in [7, 11) is 3.24. The lowest BCUT2D eigenvalue weighted by Gasteiger charge is -2.25. The van der Waals surface area contributed by atoms with E-state index >= 15 is 0 Å². The lowest BCUT2D eigenvalue weighted by Crippen LogP contribution is -2.30. The minimum atomic E-state index is -0.133. The molecule has 1 saturated heterocycles. The van der Waals surface area contributed by atoms with Crippen LogP contribution in [0.1, 0.15) is 40.7 Å². The number of ether oxygens (including phenoxy) is 2. The van der Waals surface area contributed by atoms with Crippen LogP contribution in [0.25, 0.3) is 0 Å². The Morgan fingerprint density at radius 3 is 2.78 bits per heavy atom. The maximum atomic E-state index is 12.7. The molecule has 23 heavy (non-hydrogen) atoms. The van der Waals surface area contributed by atoms with Gasteiger partial charge in [0.25, 0.3) is 5.91 Å². The van der Waals surface area contributed by atoms with Gasteiger partial charge >= 0.3 is 0 Å². The van der Waals surface area contributed by atoms with E-state index < -0.39 is 0 Å². The molecule has 0 N–H and O–H groups in total. The first kappa shape index (κ1) is 15.4. The van der Waals surface area contributed by atoms with E-state index in [2.05, 4.69) is 5.16 Å². The highest BCUT2D eigenvalue weighted by Gasteiger charge is 2.34. The SMILES string of the molecule is COc1ccc([C@@H]2CCCN2C(=O)c2cc(C)no2)c(OC)c1. The number of hydrogen-bond donors (Lipinski definition) is 0. The summed E-state index contributed by atoms with van der Waals surface area (Å²) in [5.41, 5.74) is 1.68. The fraction of sp³-hybridized carbons (Fsp3) is 0.412. The summed E-state index contributed by atoms with van der Waals surface area (Å²) in [4.78, 5) is 14.5. The summed E-state index contributed by atoms with van der Waals surface area (Å²) in [6, 6.07) is 7.32. The number of methoxy groups -OCH3 is 2. The number of carbonyl (C=O) groups is 1. The van der Waals surface area contributed by atoms with E-state index in [-0.39, 0.29) is 17.7 Å². The third-order valence-electron chi connectivity index (χ3n) is 4.15. The monoisotopic (exact) mass is 316 g/mol. The maximum absolute atomic E-state index is 12.7. The fourth-order valence-corrected chi connectivity index (χ4v) is 3.03. The van der Waals surface area contributed by atoms with E-state index in [9.17, 15) is 4.79 Å². The molecule has 1 amide bonds. The van der Waals surface area contributed by atoms with Gasteiger partial charge in [-0.25, -0.2) is 0 Å². The standard InChI is InChI=1S/C17H20N2O4/c1-11-9-16(23-18-11)17(20)19-8-4-5-14(19)13-7-6-12(21-2)10-15(13)22-3/h6-7,9-10,14H,4-5,8H2,1-3H3/t14-/m0/s1. The minimum absolute atomic E-state index is 0.0336. The van der Waals surface area contributed by atoms with Crippen LogP contribution in [0.5, 0.6) is 11.5 Å². The molecule has 1 aliphatic rings. The molecule has 0 spiro atoms. The Morgan fingerprint density at radius 2 is 2.13 bits per heavy atom. The predicted octanol–water partition coefficient (Wildman–Crippen LogP) is 2.98. The van der Waals surface area contributed by atoms with Crippen LogP contribution in [0.2, 0.25) is 0 Å². The zero-order valence-electron chi connectivity index (χ0n) is 13.5. The number of likely N-dealkylation sites (tertiary alicyclic amines) is 1. The van der Waals surface area contributed by atoms with Gasteiger partial charge in [-0.2, -0.15) is 0 Å². The molecular weight excluding hydrogens is 296 g/mol. The van der Waals surface area contributed by atoms with Crippen molar-refractivity contribution >= 4 is 5.91 Å². The molecule has 0 bridgehead atoms. The Morgan fingerprint density at radius 1 is 1.30 bits per heavy atom. The van der Waals surface area contributed by atoms with Crippen LogP contribution in [0.15, 0.2) is 28.8 Å². The Kier molecular flexibility index (Phi) is 4.23. The van der Waals surface area contributed by atoms with E-state index in [1.807, 2.05) is 23.1 Å². The number of benzene rings is 1. The molecule has 2 heterocycles. The number of aryl methyl sites for hydroxylation is 1. The van der Waals surface area contributed by atoms with E-state index in [0.717, 1.165) is 29.9 Å². The van der Waals surface area contributed by atoms with Crippen LogP contribution in [0.3, 0.4) is 0 Å². The summed E-state index contributed by atoms with van der Waals surface area (Å²) in [5, 5.41) is 3.80. The normalized spacial score (nSPS) is 17.3. The van der Waals surface area contributed by atoms with Crippen molar-refractivity contribution in [3.8, 4) is 11.5 Å². The second-order valence-electron chi connectivity index (χ2n) is 5.60. The summed E-state index contributed by atoms with van der Waals surface area (Å²) in [5.74, 6) is 1.60. The number of rotatable bonds is 4. The van der Waals surface area contributed by atoms with Gasteiger partial charge in [-0.15, -0.1) is 0 Å². The van der Waals surface area contributed by atoms with E-state index in [0.29, 0.717) is 12.2 Å². The van der Waals surface area contributed by atoms with Crippen LogP contribution in [-0.2, 0) is 0 Å². The largest absolute Gasteiger partial charge is 0.497 e. The second kappa shape index (κ2) is 6.32. The van der Waals surface area contributed by atoms with Crippen LogP contribution < -0.4 is 9.47 Å². The first-order chi connectivity index (χ1) is 11.1. The number of carbonyl (C=O) groups excluding carboxylic acids is 1. The second-order valence-corrected chi connectivity index (χ2v) is 5.60. The van der Waals surface area contributed by atoms with Crippen molar-refractivity contribution in [1.29, 1.82) is 0 Å².